The summed E-state index contributed by atoms with van der Waals surface area (Å²) >= 11 is 0. The molecule has 1 saturated carbocycles. The van der Waals surface area contributed by atoms with Crippen LogP contribution in [0.2, 0.25) is 0 Å². The molecule has 0 radical (unpaired) electrons. The summed E-state index contributed by atoms with van der Waals surface area (Å²) in [6.45, 7) is 8.05. The Balaban J connectivity index is 2.14. The lowest BCUT2D eigenvalue weighted by Gasteiger charge is -2.21. The van der Waals surface area contributed by atoms with E-state index >= 15 is 0 Å². The van der Waals surface area contributed by atoms with Gasteiger partial charge in [0.1, 0.15) is 17.0 Å². The molecule has 0 aromatic carbocycles. The third-order valence-electron chi connectivity index (χ3n) is 3.52. The van der Waals surface area contributed by atoms with Gasteiger partial charge in [0.2, 0.25) is 5.91 Å². The summed E-state index contributed by atoms with van der Waals surface area (Å²) in [5.41, 5.74) is -0.0807. The standard InChI is InChI=1S/C14H21N3O6S/c1-8-10(9(2)23-16-8)15-11(18)14(6-7-14)24(20,21)17-12(19)22-13(3,4)5/h6-7H2,1-5H3,(H,15,18)(H,17,19). The zero-order valence-electron chi connectivity index (χ0n) is 14.2. The minimum Gasteiger partial charge on any atom is -0.443 e. The van der Waals surface area contributed by atoms with Gasteiger partial charge in [-0.3, -0.25) is 4.79 Å². The van der Waals surface area contributed by atoms with E-state index < -0.39 is 32.4 Å². The molecule has 2 amide bonds. The first-order valence-corrected chi connectivity index (χ1v) is 8.86. The predicted octanol–water partition coefficient (Wildman–Crippen LogP) is 1.62. The minimum atomic E-state index is -4.24. The van der Waals surface area contributed by atoms with E-state index in [1.807, 2.05) is 4.72 Å². The van der Waals surface area contributed by atoms with E-state index in [9.17, 15) is 18.0 Å². The van der Waals surface area contributed by atoms with Crippen molar-refractivity contribution < 1.29 is 27.3 Å². The van der Waals surface area contributed by atoms with Crippen molar-refractivity contribution in [2.75, 3.05) is 5.32 Å². The molecule has 1 fully saturated rings. The van der Waals surface area contributed by atoms with Gasteiger partial charge < -0.3 is 14.6 Å². The van der Waals surface area contributed by atoms with Gasteiger partial charge in [0.05, 0.1) is 0 Å². The molecule has 0 aliphatic heterocycles. The second-order valence-corrected chi connectivity index (χ2v) is 8.75. The summed E-state index contributed by atoms with van der Waals surface area (Å²) in [4.78, 5) is 24.2. The van der Waals surface area contributed by atoms with Gasteiger partial charge in [0.15, 0.2) is 10.5 Å². The molecule has 0 unspecified atom stereocenters. The van der Waals surface area contributed by atoms with Gasteiger partial charge in [-0.15, -0.1) is 0 Å². The molecule has 0 spiro atoms. The Morgan fingerprint density at radius 3 is 2.25 bits per heavy atom. The lowest BCUT2D eigenvalue weighted by molar-refractivity contribution is -0.116. The Hall–Kier alpha value is -2.10. The molecule has 134 valence electrons. The fourth-order valence-electron chi connectivity index (χ4n) is 2.13. The van der Waals surface area contributed by atoms with Crippen molar-refractivity contribution in [3.05, 3.63) is 11.5 Å². The van der Waals surface area contributed by atoms with Gasteiger partial charge in [-0.05, 0) is 47.5 Å². The lowest BCUT2D eigenvalue weighted by Crippen LogP contribution is -2.47. The molecule has 1 aliphatic rings. The van der Waals surface area contributed by atoms with Gasteiger partial charge in [-0.1, -0.05) is 5.16 Å². The molecule has 0 atom stereocenters. The predicted molar refractivity (Wildman–Crippen MR) is 84.9 cm³/mol. The van der Waals surface area contributed by atoms with Crippen molar-refractivity contribution in [3.63, 3.8) is 0 Å². The molecule has 24 heavy (non-hydrogen) atoms. The Labute approximate surface area is 140 Å². The maximum Gasteiger partial charge on any atom is 0.421 e. The number of rotatable bonds is 4. The van der Waals surface area contributed by atoms with Crippen LogP contribution in [0, 0.1) is 13.8 Å². The molecule has 10 heteroatoms. The number of carbonyl (C=O) groups is 2. The lowest BCUT2D eigenvalue weighted by atomic mass is 10.2. The van der Waals surface area contributed by atoms with Gasteiger partial charge in [0.25, 0.3) is 10.0 Å². The van der Waals surface area contributed by atoms with Crippen LogP contribution in [0.3, 0.4) is 0 Å². The average molecular weight is 359 g/mol. The van der Waals surface area contributed by atoms with Crippen LogP contribution in [0.25, 0.3) is 0 Å². The average Bonchev–Trinajstić information content (AvgIpc) is 3.15. The summed E-state index contributed by atoms with van der Waals surface area (Å²) in [6, 6.07) is 0. The largest absolute Gasteiger partial charge is 0.443 e. The molecular formula is C14H21N3O6S. The van der Waals surface area contributed by atoms with Crippen LogP contribution < -0.4 is 10.0 Å². The van der Waals surface area contributed by atoms with E-state index in [0.29, 0.717) is 17.1 Å². The minimum absolute atomic E-state index is 0.111. The number of aromatic nitrogens is 1. The number of ether oxygens (including phenoxy) is 1. The maximum atomic E-state index is 12.5. The smallest absolute Gasteiger partial charge is 0.421 e. The first-order chi connectivity index (χ1) is 10.9. The SMILES string of the molecule is Cc1noc(C)c1NC(=O)C1(S(=O)(=O)NC(=O)OC(C)(C)C)CC1. The number of anilines is 1. The Bertz CT molecular complexity index is 751. The highest BCUT2D eigenvalue weighted by Crippen LogP contribution is 2.44. The molecule has 9 nitrogen and oxygen atoms in total. The highest BCUT2D eigenvalue weighted by molar-refractivity contribution is 7.92. The Morgan fingerprint density at radius 1 is 1.25 bits per heavy atom. The normalized spacial score (nSPS) is 16.4. The summed E-state index contributed by atoms with van der Waals surface area (Å²) in [5.74, 6) is -0.359. The highest BCUT2D eigenvalue weighted by Gasteiger charge is 2.62. The van der Waals surface area contributed by atoms with E-state index in [1.54, 1.807) is 34.6 Å². The molecule has 1 aliphatic carbocycles. The zero-order chi connectivity index (χ0) is 18.3. The van der Waals surface area contributed by atoms with Crippen LogP contribution in [0.15, 0.2) is 4.52 Å². The number of sulfonamides is 1. The summed E-state index contributed by atoms with van der Waals surface area (Å²) < 4.78 is 34.9. The molecule has 0 bridgehead atoms. The first-order valence-electron chi connectivity index (χ1n) is 7.38. The van der Waals surface area contributed by atoms with Gasteiger partial charge in [0, 0.05) is 0 Å². The van der Waals surface area contributed by atoms with Crippen molar-refractivity contribution in [2.45, 2.75) is 57.8 Å². The molecule has 2 N–H and O–H groups in total. The van der Waals surface area contributed by atoms with Crippen molar-refractivity contribution in [2.24, 2.45) is 0 Å². The Morgan fingerprint density at radius 2 is 1.83 bits per heavy atom. The van der Waals surface area contributed by atoms with Crippen molar-refractivity contribution in [1.29, 1.82) is 0 Å². The number of carbonyl (C=O) groups excluding carboxylic acids is 2. The van der Waals surface area contributed by atoms with Crippen molar-refractivity contribution in [1.82, 2.24) is 9.88 Å². The molecular weight excluding hydrogens is 338 g/mol. The number of hydrogen-bond acceptors (Lipinski definition) is 7. The third kappa shape index (κ3) is 3.53. The summed E-state index contributed by atoms with van der Waals surface area (Å²) in [5, 5.41) is 6.22. The van der Waals surface area contributed by atoms with E-state index in [-0.39, 0.29) is 12.8 Å². The molecule has 1 aromatic heterocycles. The second-order valence-electron chi connectivity index (χ2n) is 6.75. The highest BCUT2D eigenvalue weighted by atomic mass is 32.2. The van der Waals surface area contributed by atoms with Crippen LogP contribution in [0.1, 0.15) is 45.1 Å². The van der Waals surface area contributed by atoms with Gasteiger partial charge in [-0.2, -0.15) is 0 Å². The summed E-state index contributed by atoms with van der Waals surface area (Å²) in [6.07, 6.45) is -0.889. The van der Waals surface area contributed by atoms with Gasteiger partial charge in [-0.25, -0.2) is 17.9 Å². The second kappa shape index (κ2) is 5.76. The third-order valence-corrected chi connectivity index (χ3v) is 5.58. The number of hydrogen-bond donors (Lipinski definition) is 2. The van der Waals surface area contributed by atoms with E-state index in [4.69, 9.17) is 9.26 Å². The van der Waals surface area contributed by atoms with Crippen LogP contribution in [0.4, 0.5) is 10.5 Å². The van der Waals surface area contributed by atoms with Crippen LogP contribution in [0.5, 0.6) is 0 Å². The van der Waals surface area contributed by atoms with E-state index in [2.05, 4.69) is 10.5 Å². The van der Waals surface area contributed by atoms with Crippen LogP contribution >= 0.6 is 0 Å². The Kier molecular flexibility index (Phi) is 4.38. The van der Waals surface area contributed by atoms with Crippen molar-refractivity contribution in [3.8, 4) is 0 Å². The van der Waals surface area contributed by atoms with Crippen LogP contribution in [-0.4, -0.2) is 35.9 Å². The monoisotopic (exact) mass is 359 g/mol. The molecule has 1 heterocycles. The topological polar surface area (TPSA) is 128 Å². The summed E-state index contributed by atoms with van der Waals surface area (Å²) in [7, 11) is -4.24. The first kappa shape index (κ1) is 18.2. The molecule has 2 rings (SSSR count). The molecule has 0 saturated heterocycles. The van der Waals surface area contributed by atoms with E-state index in [1.165, 1.54) is 0 Å². The number of aryl methyl sites for hydroxylation is 2. The number of amides is 2. The number of nitrogens with zero attached hydrogens (tertiary/aromatic N) is 1. The molecule has 1 aromatic rings. The van der Waals surface area contributed by atoms with Crippen molar-refractivity contribution >= 4 is 27.7 Å². The van der Waals surface area contributed by atoms with Crippen LogP contribution in [-0.2, 0) is 19.6 Å². The zero-order valence-corrected chi connectivity index (χ0v) is 15.0. The fourth-order valence-corrected chi connectivity index (χ4v) is 3.52. The fraction of sp³-hybridized carbons (Fsp3) is 0.643. The number of nitrogens with one attached hydrogen (secondary N) is 2. The quantitative estimate of drug-likeness (QED) is 0.836. The maximum absolute atomic E-state index is 12.5. The van der Waals surface area contributed by atoms with E-state index in [0.717, 1.165) is 0 Å². The van der Waals surface area contributed by atoms with Gasteiger partial charge >= 0.3 is 6.09 Å².